The first kappa shape index (κ1) is 11.5. The second-order valence-corrected chi connectivity index (χ2v) is 5.58. The molecule has 0 bridgehead atoms. The van der Waals surface area contributed by atoms with Gasteiger partial charge in [0.05, 0.1) is 12.4 Å². The van der Waals surface area contributed by atoms with Crippen LogP contribution >= 0.6 is 0 Å². The van der Waals surface area contributed by atoms with Crippen molar-refractivity contribution in [3.63, 3.8) is 0 Å². The largest absolute Gasteiger partial charge is 0.284 e. The molecule has 0 atom stereocenters. The maximum absolute atomic E-state index is 11.8. The Morgan fingerprint density at radius 3 is 2.94 bits per heavy atom. The van der Waals surface area contributed by atoms with Gasteiger partial charge in [-0.05, 0) is 18.6 Å². The van der Waals surface area contributed by atoms with E-state index in [9.17, 15) is 8.42 Å². The van der Waals surface area contributed by atoms with Crippen molar-refractivity contribution in [3.05, 3.63) is 30.1 Å². The summed E-state index contributed by atoms with van der Waals surface area (Å²) in [6, 6.07) is 5.48. The quantitative estimate of drug-likeness (QED) is 0.775. The molecule has 1 aliphatic rings. The minimum Gasteiger partial charge on any atom is -0.284 e. The normalized spacial score (nSPS) is 17.8. The number of hydrogen-bond donors (Lipinski definition) is 0. The van der Waals surface area contributed by atoms with Crippen LogP contribution in [-0.2, 0) is 21.3 Å². The topological polar surface area (TPSA) is 59.5 Å². The molecule has 0 aromatic carbocycles. The van der Waals surface area contributed by atoms with Crippen molar-refractivity contribution >= 4 is 10.0 Å². The van der Waals surface area contributed by atoms with E-state index < -0.39 is 10.0 Å². The van der Waals surface area contributed by atoms with E-state index in [0.717, 1.165) is 16.6 Å². The van der Waals surface area contributed by atoms with Crippen LogP contribution in [0, 0.1) is 0 Å². The summed E-state index contributed by atoms with van der Waals surface area (Å²) < 4.78 is 24.7. The van der Waals surface area contributed by atoms with E-state index in [1.54, 1.807) is 6.20 Å². The Bertz CT molecular complexity index is 427. The van der Waals surface area contributed by atoms with E-state index in [-0.39, 0.29) is 5.75 Å². The fraction of sp³-hybridized carbons (Fsp3) is 0.500. The maximum Gasteiger partial charge on any atom is 0.236 e. The zero-order valence-electron chi connectivity index (χ0n) is 8.87. The highest BCUT2D eigenvalue weighted by molar-refractivity contribution is 7.88. The summed E-state index contributed by atoms with van der Waals surface area (Å²) in [5.74, 6) is 0.0456. The van der Waals surface area contributed by atoms with Crippen LogP contribution in [0.3, 0.4) is 0 Å². The third kappa shape index (κ3) is 2.78. The maximum atomic E-state index is 11.8. The van der Waals surface area contributed by atoms with Crippen LogP contribution < -0.4 is 0 Å². The van der Waals surface area contributed by atoms with Gasteiger partial charge in [0, 0.05) is 24.9 Å². The molecular formula is C10H14N2O3S. The molecule has 0 unspecified atom stereocenters. The molecule has 0 N–H and O–H groups in total. The molecule has 2 rings (SSSR count). The molecule has 0 amide bonds. The minimum atomic E-state index is -3.29. The van der Waals surface area contributed by atoms with Crippen LogP contribution in [0.1, 0.15) is 12.1 Å². The Kier molecular flexibility index (Phi) is 3.52. The van der Waals surface area contributed by atoms with Crippen molar-refractivity contribution in [1.29, 1.82) is 0 Å². The Labute approximate surface area is 95.1 Å². The smallest absolute Gasteiger partial charge is 0.236 e. The van der Waals surface area contributed by atoms with E-state index >= 15 is 0 Å². The summed E-state index contributed by atoms with van der Waals surface area (Å²) in [5.41, 5.74) is 0.783. The average Bonchev–Trinajstić information content (AvgIpc) is 2.82. The highest BCUT2D eigenvalue weighted by Gasteiger charge is 2.26. The summed E-state index contributed by atoms with van der Waals surface area (Å²) in [4.78, 5) is 9.12. The van der Waals surface area contributed by atoms with Gasteiger partial charge in [0.2, 0.25) is 10.0 Å². The van der Waals surface area contributed by atoms with Crippen LogP contribution in [0.5, 0.6) is 0 Å². The highest BCUT2D eigenvalue weighted by atomic mass is 32.2. The van der Waals surface area contributed by atoms with E-state index in [4.69, 9.17) is 4.84 Å². The van der Waals surface area contributed by atoms with Gasteiger partial charge in [0.15, 0.2) is 0 Å². The minimum absolute atomic E-state index is 0.0456. The van der Waals surface area contributed by atoms with Gasteiger partial charge in [-0.3, -0.25) is 9.82 Å². The van der Waals surface area contributed by atoms with Gasteiger partial charge in [-0.2, -0.15) is 0 Å². The summed E-state index contributed by atoms with van der Waals surface area (Å²) in [6.07, 6.45) is 2.85. The van der Waals surface area contributed by atoms with Crippen LogP contribution in [0.2, 0.25) is 0 Å². The summed E-state index contributed by atoms with van der Waals surface area (Å²) in [6.45, 7) is 0.952. The average molecular weight is 242 g/mol. The first-order valence-corrected chi connectivity index (χ1v) is 6.83. The molecule has 0 aliphatic carbocycles. The van der Waals surface area contributed by atoms with Crippen molar-refractivity contribution in [3.8, 4) is 0 Å². The number of pyridine rings is 1. The molecule has 16 heavy (non-hydrogen) atoms. The van der Waals surface area contributed by atoms with Crippen LogP contribution in [0.15, 0.2) is 24.4 Å². The highest BCUT2D eigenvalue weighted by Crippen LogP contribution is 2.12. The molecule has 2 heterocycles. The number of hydroxylamine groups is 1. The van der Waals surface area contributed by atoms with Crippen LogP contribution in [0.25, 0.3) is 0 Å². The first-order chi connectivity index (χ1) is 7.68. The molecule has 0 saturated carbocycles. The number of aromatic nitrogens is 1. The lowest BCUT2D eigenvalue weighted by Crippen LogP contribution is -2.30. The predicted octanol–water partition coefficient (Wildman–Crippen LogP) is 0.591. The third-order valence-electron chi connectivity index (χ3n) is 2.37. The van der Waals surface area contributed by atoms with Crippen LogP contribution in [0.4, 0.5) is 0 Å². The summed E-state index contributed by atoms with van der Waals surface area (Å²) in [7, 11) is -3.29. The number of nitrogens with zero attached hydrogens (tertiary/aromatic N) is 2. The van der Waals surface area contributed by atoms with Crippen molar-refractivity contribution in [2.45, 2.75) is 12.8 Å². The lowest BCUT2D eigenvalue weighted by atomic mass is 10.3. The van der Waals surface area contributed by atoms with E-state index in [2.05, 4.69) is 4.98 Å². The van der Waals surface area contributed by atoms with E-state index in [1.165, 1.54) is 0 Å². The lowest BCUT2D eigenvalue weighted by molar-refractivity contribution is -0.0283. The molecule has 1 saturated heterocycles. The zero-order chi connectivity index (χ0) is 11.4. The molecule has 5 nitrogen and oxygen atoms in total. The second-order valence-electron chi connectivity index (χ2n) is 3.60. The summed E-state index contributed by atoms with van der Waals surface area (Å²) >= 11 is 0. The molecule has 1 aromatic rings. The molecule has 6 heteroatoms. The van der Waals surface area contributed by atoms with E-state index in [1.807, 2.05) is 18.2 Å². The number of hydrogen-bond acceptors (Lipinski definition) is 4. The molecule has 1 aliphatic heterocycles. The van der Waals surface area contributed by atoms with Gasteiger partial charge in [-0.15, -0.1) is 0 Å². The molecule has 1 fully saturated rings. The van der Waals surface area contributed by atoms with Gasteiger partial charge >= 0.3 is 0 Å². The number of rotatable bonds is 4. The predicted molar refractivity (Wildman–Crippen MR) is 59.0 cm³/mol. The Morgan fingerprint density at radius 1 is 1.44 bits per heavy atom. The standard InChI is InChI=1S/C10H14N2O3S/c13-16(14,12-7-3-8-15-12)9-5-10-4-1-2-6-11-10/h1-2,4,6H,3,5,7-9H2. The number of sulfonamides is 1. The Balaban J connectivity index is 1.94. The fourth-order valence-electron chi connectivity index (χ4n) is 1.53. The van der Waals surface area contributed by atoms with Crippen molar-refractivity contribution in [2.75, 3.05) is 18.9 Å². The molecular weight excluding hydrogens is 228 g/mol. The Morgan fingerprint density at radius 2 is 2.31 bits per heavy atom. The second kappa shape index (κ2) is 4.90. The van der Waals surface area contributed by atoms with Crippen molar-refractivity contribution in [2.24, 2.45) is 0 Å². The van der Waals surface area contributed by atoms with Gasteiger partial charge in [-0.25, -0.2) is 8.42 Å². The third-order valence-corrected chi connectivity index (χ3v) is 4.00. The van der Waals surface area contributed by atoms with Crippen molar-refractivity contribution in [1.82, 2.24) is 9.45 Å². The van der Waals surface area contributed by atoms with Crippen molar-refractivity contribution < 1.29 is 13.3 Å². The van der Waals surface area contributed by atoms with E-state index in [0.29, 0.717) is 19.6 Å². The van der Waals surface area contributed by atoms with Gasteiger partial charge in [0.25, 0.3) is 0 Å². The number of aryl methyl sites for hydroxylation is 1. The fourth-order valence-corrected chi connectivity index (χ4v) is 2.84. The zero-order valence-corrected chi connectivity index (χ0v) is 9.69. The molecule has 1 aromatic heterocycles. The van der Waals surface area contributed by atoms with Gasteiger partial charge in [-0.1, -0.05) is 10.5 Å². The van der Waals surface area contributed by atoms with Crippen LogP contribution in [-0.4, -0.2) is 36.8 Å². The monoisotopic (exact) mass is 242 g/mol. The molecule has 0 radical (unpaired) electrons. The first-order valence-electron chi connectivity index (χ1n) is 5.22. The van der Waals surface area contributed by atoms with Gasteiger partial charge < -0.3 is 0 Å². The lowest BCUT2D eigenvalue weighted by Gasteiger charge is -2.13. The van der Waals surface area contributed by atoms with Gasteiger partial charge in [0.1, 0.15) is 0 Å². The SMILES string of the molecule is O=S(=O)(CCc1ccccn1)N1CCCO1. The Hall–Kier alpha value is -0.980. The molecule has 0 spiro atoms. The summed E-state index contributed by atoms with van der Waals surface area (Å²) in [5, 5.41) is 0. The molecule has 88 valence electrons.